The molecule has 114 valence electrons. The number of β-amino-alcohol motifs (C(OH)–C–C–N with tert-alkyl or cyclic N) is 1. The fourth-order valence-electron chi connectivity index (χ4n) is 2.54. The Kier molecular flexibility index (Phi) is 3.50. The molecule has 2 aliphatic rings. The predicted octanol–water partition coefficient (Wildman–Crippen LogP) is 1.95. The average Bonchev–Trinajstić information content (AvgIpc) is 2.43. The fourth-order valence-corrected chi connectivity index (χ4v) is 2.81. The van der Waals surface area contributed by atoms with E-state index in [1.807, 2.05) is 13.8 Å². The molecule has 0 atom stereocenters. The number of benzene rings is 1. The van der Waals surface area contributed by atoms with Crippen molar-refractivity contribution >= 4 is 17.5 Å². The fraction of sp³-hybridized carbons (Fsp3) is 0.533. The van der Waals surface area contributed by atoms with Crippen molar-refractivity contribution in [3.63, 3.8) is 0 Å². The Morgan fingerprint density at radius 1 is 1.33 bits per heavy atom. The zero-order chi connectivity index (χ0) is 15.2. The molecule has 0 spiro atoms. The minimum atomic E-state index is -0.784. The molecule has 0 aromatic heterocycles. The first-order valence-corrected chi connectivity index (χ1v) is 7.39. The monoisotopic (exact) mass is 311 g/mol. The van der Waals surface area contributed by atoms with Gasteiger partial charge in [0.2, 0.25) is 0 Å². The summed E-state index contributed by atoms with van der Waals surface area (Å²) in [4.78, 5) is 14.0. The highest BCUT2D eigenvalue weighted by molar-refractivity contribution is 6.32. The van der Waals surface area contributed by atoms with Gasteiger partial charge in [0, 0.05) is 5.56 Å². The number of hydrogen-bond acceptors (Lipinski definition) is 4. The van der Waals surface area contributed by atoms with Gasteiger partial charge in [0.1, 0.15) is 18.8 Å². The van der Waals surface area contributed by atoms with Crippen molar-refractivity contribution in [2.45, 2.75) is 19.4 Å². The number of amides is 1. The molecule has 1 aromatic rings. The molecule has 1 saturated heterocycles. The van der Waals surface area contributed by atoms with E-state index in [1.54, 1.807) is 17.0 Å². The molecule has 0 radical (unpaired) electrons. The second kappa shape index (κ2) is 5.07. The van der Waals surface area contributed by atoms with Gasteiger partial charge in [0.15, 0.2) is 11.5 Å². The van der Waals surface area contributed by atoms with Gasteiger partial charge in [0.05, 0.1) is 18.1 Å². The Morgan fingerprint density at radius 2 is 2.00 bits per heavy atom. The summed E-state index contributed by atoms with van der Waals surface area (Å²) in [6, 6.07) is 3.24. The Hall–Kier alpha value is -1.46. The first-order valence-electron chi connectivity index (χ1n) is 7.01. The van der Waals surface area contributed by atoms with Gasteiger partial charge in [-0.05, 0) is 18.1 Å². The molecule has 0 saturated carbocycles. The summed E-state index contributed by atoms with van der Waals surface area (Å²) in [5.41, 5.74) is -0.331. The third-order valence-corrected chi connectivity index (χ3v) is 4.42. The molecule has 1 N–H and O–H groups in total. The van der Waals surface area contributed by atoms with E-state index in [4.69, 9.17) is 21.1 Å². The third-order valence-electron chi connectivity index (χ3n) is 4.14. The molecule has 3 rings (SSSR count). The number of carbonyl (C=O) groups is 1. The lowest BCUT2D eigenvalue weighted by Gasteiger charge is -2.49. The van der Waals surface area contributed by atoms with Crippen LogP contribution in [0, 0.1) is 5.92 Å². The van der Waals surface area contributed by atoms with Crippen LogP contribution in [-0.4, -0.2) is 47.8 Å². The molecule has 1 aromatic carbocycles. The van der Waals surface area contributed by atoms with Crippen molar-refractivity contribution in [3.8, 4) is 11.5 Å². The van der Waals surface area contributed by atoms with Crippen LogP contribution in [0.4, 0.5) is 0 Å². The summed E-state index contributed by atoms with van der Waals surface area (Å²) in [5.74, 6) is 0.947. The average molecular weight is 312 g/mol. The summed E-state index contributed by atoms with van der Waals surface area (Å²) in [5, 5.41) is 10.6. The third kappa shape index (κ3) is 2.45. The van der Waals surface area contributed by atoms with Crippen LogP contribution < -0.4 is 9.47 Å². The number of fused-ring (bicyclic) bond motifs is 1. The minimum absolute atomic E-state index is 0.116. The van der Waals surface area contributed by atoms with E-state index in [9.17, 15) is 9.90 Å². The van der Waals surface area contributed by atoms with Crippen LogP contribution in [0.2, 0.25) is 5.02 Å². The van der Waals surface area contributed by atoms with Crippen molar-refractivity contribution < 1.29 is 19.4 Å². The van der Waals surface area contributed by atoms with Gasteiger partial charge in [-0.2, -0.15) is 0 Å². The Morgan fingerprint density at radius 3 is 2.67 bits per heavy atom. The zero-order valence-corrected chi connectivity index (χ0v) is 12.8. The first kappa shape index (κ1) is 14.5. The lowest BCUT2D eigenvalue weighted by atomic mass is 9.82. The Bertz CT molecular complexity index is 581. The lowest BCUT2D eigenvalue weighted by molar-refractivity contribution is -0.110. The first-order chi connectivity index (χ1) is 9.90. The van der Waals surface area contributed by atoms with Gasteiger partial charge in [-0.25, -0.2) is 0 Å². The van der Waals surface area contributed by atoms with Crippen LogP contribution in [0.3, 0.4) is 0 Å². The maximum Gasteiger partial charge on any atom is 0.254 e. The van der Waals surface area contributed by atoms with Gasteiger partial charge < -0.3 is 19.5 Å². The van der Waals surface area contributed by atoms with Crippen LogP contribution in [-0.2, 0) is 0 Å². The van der Waals surface area contributed by atoms with Crippen molar-refractivity contribution in [2.75, 3.05) is 26.3 Å². The topological polar surface area (TPSA) is 59.0 Å². The van der Waals surface area contributed by atoms with Gasteiger partial charge in [-0.15, -0.1) is 0 Å². The summed E-state index contributed by atoms with van der Waals surface area (Å²) in [6.45, 7) is 5.47. The van der Waals surface area contributed by atoms with Crippen LogP contribution >= 0.6 is 11.6 Å². The van der Waals surface area contributed by atoms with Crippen molar-refractivity contribution in [1.29, 1.82) is 0 Å². The lowest BCUT2D eigenvalue weighted by Crippen LogP contribution is -2.65. The van der Waals surface area contributed by atoms with Gasteiger partial charge >= 0.3 is 0 Å². The molecule has 21 heavy (non-hydrogen) atoms. The van der Waals surface area contributed by atoms with Gasteiger partial charge in [-0.3, -0.25) is 4.79 Å². The largest absolute Gasteiger partial charge is 0.486 e. The molecule has 1 amide bonds. The van der Waals surface area contributed by atoms with E-state index >= 15 is 0 Å². The highest BCUT2D eigenvalue weighted by Crippen LogP contribution is 2.39. The van der Waals surface area contributed by atoms with Crippen molar-refractivity contribution in [3.05, 3.63) is 22.7 Å². The number of carbonyl (C=O) groups excluding carboxylic acids is 1. The number of ether oxygens (including phenoxy) is 2. The summed E-state index contributed by atoms with van der Waals surface area (Å²) < 4.78 is 10.9. The number of likely N-dealkylation sites (tertiary alicyclic amines) is 1. The van der Waals surface area contributed by atoms with Gasteiger partial charge in [0.25, 0.3) is 5.91 Å². The molecule has 0 aliphatic carbocycles. The molecule has 5 nitrogen and oxygen atoms in total. The van der Waals surface area contributed by atoms with Crippen LogP contribution in [0.25, 0.3) is 0 Å². The molecule has 2 heterocycles. The SMILES string of the molecule is CC(C)C1(O)CN(C(=O)c2cc(Cl)c3c(c2)OCCO3)C1. The highest BCUT2D eigenvalue weighted by Gasteiger charge is 2.46. The molecule has 6 heteroatoms. The van der Waals surface area contributed by atoms with E-state index in [1.165, 1.54) is 0 Å². The number of halogens is 1. The predicted molar refractivity (Wildman–Crippen MR) is 78.1 cm³/mol. The van der Waals surface area contributed by atoms with E-state index in [0.717, 1.165) is 0 Å². The van der Waals surface area contributed by atoms with Crippen LogP contribution in [0.1, 0.15) is 24.2 Å². The van der Waals surface area contributed by atoms with E-state index in [0.29, 0.717) is 48.4 Å². The minimum Gasteiger partial charge on any atom is -0.486 e. The zero-order valence-electron chi connectivity index (χ0n) is 12.1. The number of nitrogens with zero attached hydrogens (tertiary/aromatic N) is 1. The number of hydrogen-bond donors (Lipinski definition) is 1. The number of aliphatic hydroxyl groups is 1. The summed E-state index contributed by atoms with van der Waals surface area (Å²) in [7, 11) is 0. The molecule has 1 fully saturated rings. The highest BCUT2D eigenvalue weighted by atomic mass is 35.5. The second-order valence-corrected chi connectivity index (χ2v) is 6.31. The van der Waals surface area contributed by atoms with E-state index in [-0.39, 0.29) is 11.8 Å². The Balaban J connectivity index is 1.79. The normalized spacial score (nSPS) is 19.4. The van der Waals surface area contributed by atoms with Crippen LogP contribution in [0.5, 0.6) is 11.5 Å². The smallest absolute Gasteiger partial charge is 0.254 e. The van der Waals surface area contributed by atoms with E-state index < -0.39 is 5.60 Å². The quantitative estimate of drug-likeness (QED) is 0.907. The Labute approximate surface area is 128 Å². The van der Waals surface area contributed by atoms with Crippen molar-refractivity contribution in [1.82, 2.24) is 4.90 Å². The molecule has 2 aliphatic heterocycles. The standard InChI is InChI=1S/C15H18ClNO4/c1-9(2)15(19)7-17(8-15)14(18)10-5-11(16)13-12(6-10)20-3-4-21-13/h5-6,9,19H,3-4,7-8H2,1-2H3. The van der Waals surface area contributed by atoms with Crippen molar-refractivity contribution in [2.24, 2.45) is 5.92 Å². The second-order valence-electron chi connectivity index (χ2n) is 5.90. The van der Waals surface area contributed by atoms with E-state index in [2.05, 4.69) is 0 Å². The van der Waals surface area contributed by atoms with Gasteiger partial charge in [-0.1, -0.05) is 25.4 Å². The van der Waals surface area contributed by atoms with Crippen LogP contribution in [0.15, 0.2) is 12.1 Å². The summed E-state index contributed by atoms with van der Waals surface area (Å²) >= 11 is 6.14. The summed E-state index contributed by atoms with van der Waals surface area (Å²) in [6.07, 6.45) is 0. The molecule has 0 unspecified atom stereocenters. The molecular weight excluding hydrogens is 294 g/mol. The number of rotatable bonds is 2. The molecular formula is C15H18ClNO4. The maximum atomic E-state index is 12.4. The maximum absolute atomic E-state index is 12.4. The molecule has 0 bridgehead atoms.